The zero-order valence-electron chi connectivity index (χ0n) is 11.6. The van der Waals surface area contributed by atoms with Gasteiger partial charge >= 0.3 is 0 Å². The van der Waals surface area contributed by atoms with Gasteiger partial charge in [-0.05, 0) is 32.9 Å². The molecule has 1 aromatic heterocycles. The average molecular weight is 272 g/mol. The third-order valence-electron chi connectivity index (χ3n) is 2.37. The molecule has 1 N–H and O–H groups in total. The van der Waals surface area contributed by atoms with Crippen molar-refractivity contribution in [1.82, 2.24) is 10.3 Å². The van der Waals surface area contributed by atoms with Crippen LogP contribution in [0.3, 0.4) is 0 Å². The van der Waals surface area contributed by atoms with Crippen molar-refractivity contribution in [1.29, 1.82) is 0 Å². The molecule has 2 nitrogen and oxygen atoms in total. The van der Waals surface area contributed by atoms with Gasteiger partial charge in [0.1, 0.15) is 5.01 Å². The highest BCUT2D eigenvalue weighted by atomic mass is 32.2. The Labute approximate surface area is 114 Å². The Bertz CT molecular complexity index is 340. The summed E-state index contributed by atoms with van der Waals surface area (Å²) < 4.78 is 0. The first-order valence-corrected chi connectivity index (χ1v) is 8.23. The van der Waals surface area contributed by atoms with Crippen LogP contribution in [0.5, 0.6) is 0 Å². The average Bonchev–Trinajstić information content (AvgIpc) is 2.65. The topological polar surface area (TPSA) is 24.9 Å². The number of nitrogens with zero attached hydrogens (tertiary/aromatic N) is 1. The molecular weight excluding hydrogens is 248 g/mol. The van der Waals surface area contributed by atoms with Crippen LogP contribution < -0.4 is 5.32 Å². The second kappa shape index (κ2) is 6.76. The molecule has 17 heavy (non-hydrogen) atoms. The molecule has 1 rings (SSSR count). The number of hydrogen-bond donors (Lipinski definition) is 1. The van der Waals surface area contributed by atoms with Gasteiger partial charge in [0.05, 0.1) is 5.69 Å². The van der Waals surface area contributed by atoms with Crippen molar-refractivity contribution in [3.63, 3.8) is 0 Å². The number of aromatic nitrogens is 1. The smallest absolute Gasteiger partial charge is 0.103 e. The molecule has 0 aliphatic rings. The van der Waals surface area contributed by atoms with Crippen molar-refractivity contribution in [2.45, 2.75) is 58.9 Å². The van der Waals surface area contributed by atoms with Gasteiger partial charge in [0.15, 0.2) is 0 Å². The van der Waals surface area contributed by atoms with E-state index >= 15 is 0 Å². The Kier molecular flexibility index (Phi) is 5.97. The molecule has 0 aliphatic heterocycles. The molecule has 4 heteroatoms. The third-order valence-corrected chi connectivity index (χ3v) is 4.53. The standard InChI is InChI=1S/C13H24N2S2/c1-6-10-11(8-14-13(3,4)5)17-12(15-10)9-16-7-2/h14H,6-9H2,1-5H3. The number of thiazole rings is 1. The minimum Gasteiger partial charge on any atom is -0.307 e. The summed E-state index contributed by atoms with van der Waals surface area (Å²) in [5, 5.41) is 4.82. The minimum absolute atomic E-state index is 0.174. The zero-order valence-corrected chi connectivity index (χ0v) is 13.2. The van der Waals surface area contributed by atoms with Crippen molar-refractivity contribution < 1.29 is 0 Å². The Hall–Kier alpha value is -0.0600. The molecule has 98 valence electrons. The van der Waals surface area contributed by atoms with Gasteiger partial charge in [0.25, 0.3) is 0 Å². The Morgan fingerprint density at radius 3 is 2.53 bits per heavy atom. The molecule has 0 saturated heterocycles. The fourth-order valence-electron chi connectivity index (χ4n) is 1.45. The first-order valence-electron chi connectivity index (χ1n) is 6.26. The Morgan fingerprint density at radius 2 is 2.00 bits per heavy atom. The van der Waals surface area contributed by atoms with E-state index in [0.29, 0.717) is 0 Å². The lowest BCUT2D eigenvalue weighted by Crippen LogP contribution is -2.35. The number of hydrogen-bond acceptors (Lipinski definition) is 4. The maximum absolute atomic E-state index is 4.72. The molecule has 0 bridgehead atoms. The predicted molar refractivity (Wildman–Crippen MR) is 79.9 cm³/mol. The molecule has 1 heterocycles. The Morgan fingerprint density at radius 1 is 1.29 bits per heavy atom. The lowest BCUT2D eigenvalue weighted by Gasteiger charge is -2.20. The van der Waals surface area contributed by atoms with E-state index in [4.69, 9.17) is 4.98 Å². The van der Waals surface area contributed by atoms with Gasteiger partial charge in [-0.1, -0.05) is 13.8 Å². The quantitative estimate of drug-likeness (QED) is 0.851. The molecule has 0 unspecified atom stereocenters. The number of rotatable bonds is 6. The highest BCUT2D eigenvalue weighted by molar-refractivity contribution is 7.98. The molecule has 0 spiro atoms. The zero-order chi connectivity index (χ0) is 12.9. The van der Waals surface area contributed by atoms with Crippen LogP contribution >= 0.6 is 23.1 Å². The predicted octanol–water partition coefficient (Wildman–Crippen LogP) is 3.85. The summed E-state index contributed by atoms with van der Waals surface area (Å²) in [4.78, 5) is 6.14. The first kappa shape index (κ1) is 15.0. The fraction of sp³-hybridized carbons (Fsp3) is 0.769. The number of nitrogens with one attached hydrogen (secondary N) is 1. The van der Waals surface area contributed by atoms with Gasteiger partial charge in [-0.3, -0.25) is 0 Å². The summed E-state index contributed by atoms with van der Waals surface area (Å²) in [5.41, 5.74) is 1.45. The van der Waals surface area contributed by atoms with Gasteiger partial charge in [0, 0.05) is 22.7 Å². The van der Waals surface area contributed by atoms with E-state index in [-0.39, 0.29) is 5.54 Å². The van der Waals surface area contributed by atoms with Crippen LogP contribution in [0.1, 0.15) is 50.2 Å². The Balaban J connectivity index is 2.66. The lowest BCUT2D eigenvalue weighted by molar-refractivity contribution is 0.425. The van der Waals surface area contributed by atoms with Crippen LogP contribution in [-0.4, -0.2) is 16.3 Å². The molecule has 0 amide bonds. The van der Waals surface area contributed by atoms with Gasteiger partial charge in [0.2, 0.25) is 0 Å². The number of aryl methyl sites for hydroxylation is 1. The highest BCUT2D eigenvalue weighted by Crippen LogP contribution is 2.23. The summed E-state index contributed by atoms with van der Waals surface area (Å²) in [6, 6.07) is 0. The van der Waals surface area contributed by atoms with Crippen LogP contribution in [-0.2, 0) is 18.7 Å². The van der Waals surface area contributed by atoms with Crippen LogP contribution in [0.2, 0.25) is 0 Å². The molecule has 0 radical (unpaired) electrons. The summed E-state index contributed by atoms with van der Waals surface area (Å²) in [6.07, 6.45) is 1.04. The summed E-state index contributed by atoms with van der Waals surface area (Å²) in [6.45, 7) is 11.9. The maximum atomic E-state index is 4.72. The largest absolute Gasteiger partial charge is 0.307 e. The summed E-state index contributed by atoms with van der Waals surface area (Å²) >= 11 is 3.82. The van der Waals surface area contributed by atoms with Crippen molar-refractivity contribution in [3.8, 4) is 0 Å². The minimum atomic E-state index is 0.174. The van der Waals surface area contributed by atoms with E-state index < -0.39 is 0 Å². The van der Waals surface area contributed by atoms with Gasteiger partial charge in [-0.25, -0.2) is 4.98 Å². The summed E-state index contributed by atoms with van der Waals surface area (Å²) in [7, 11) is 0. The van der Waals surface area contributed by atoms with Gasteiger partial charge in [-0.2, -0.15) is 11.8 Å². The van der Waals surface area contributed by atoms with E-state index in [1.807, 2.05) is 23.1 Å². The van der Waals surface area contributed by atoms with Crippen LogP contribution in [0, 0.1) is 0 Å². The molecule has 0 aromatic carbocycles. The van der Waals surface area contributed by atoms with Crippen molar-refractivity contribution in [2.75, 3.05) is 5.75 Å². The van der Waals surface area contributed by atoms with Crippen molar-refractivity contribution in [2.24, 2.45) is 0 Å². The van der Waals surface area contributed by atoms with E-state index in [1.54, 1.807) is 0 Å². The summed E-state index contributed by atoms with van der Waals surface area (Å²) in [5.74, 6) is 2.22. The fourth-order valence-corrected chi connectivity index (χ4v) is 3.27. The molecule has 0 fully saturated rings. The second-order valence-corrected chi connectivity index (χ2v) is 7.51. The normalized spacial score (nSPS) is 12.1. The van der Waals surface area contributed by atoms with Crippen molar-refractivity contribution >= 4 is 23.1 Å². The maximum Gasteiger partial charge on any atom is 0.103 e. The van der Waals surface area contributed by atoms with Crippen LogP contribution in [0.4, 0.5) is 0 Å². The highest BCUT2D eigenvalue weighted by Gasteiger charge is 2.13. The van der Waals surface area contributed by atoms with E-state index in [2.05, 4.69) is 39.9 Å². The molecule has 0 aliphatic carbocycles. The molecule has 1 aromatic rings. The van der Waals surface area contributed by atoms with Gasteiger partial charge < -0.3 is 5.32 Å². The van der Waals surface area contributed by atoms with E-state index in [1.165, 1.54) is 15.6 Å². The SMILES string of the molecule is CCSCc1nc(CC)c(CNC(C)(C)C)s1. The monoisotopic (exact) mass is 272 g/mol. The van der Waals surface area contributed by atoms with E-state index in [9.17, 15) is 0 Å². The van der Waals surface area contributed by atoms with Gasteiger partial charge in [-0.15, -0.1) is 11.3 Å². The molecule has 0 saturated carbocycles. The third kappa shape index (κ3) is 5.40. The van der Waals surface area contributed by atoms with Crippen molar-refractivity contribution in [3.05, 3.63) is 15.6 Å². The number of thioether (sulfide) groups is 1. The van der Waals surface area contributed by atoms with Crippen LogP contribution in [0.25, 0.3) is 0 Å². The molecular formula is C13H24N2S2. The molecule has 0 atom stereocenters. The van der Waals surface area contributed by atoms with Crippen LogP contribution in [0.15, 0.2) is 0 Å². The van der Waals surface area contributed by atoms with E-state index in [0.717, 1.165) is 24.5 Å². The first-order chi connectivity index (χ1) is 7.96. The lowest BCUT2D eigenvalue weighted by atomic mass is 10.1. The second-order valence-electron chi connectivity index (χ2n) is 5.07.